The van der Waals surface area contributed by atoms with Gasteiger partial charge in [0.1, 0.15) is 10.4 Å². The predicted molar refractivity (Wildman–Crippen MR) is 98.0 cm³/mol. The minimum atomic E-state index is -4.29. The molecule has 1 aromatic carbocycles. The molecule has 0 unspecified atom stereocenters. The lowest BCUT2D eigenvalue weighted by atomic mass is 10.2. The second kappa shape index (κ2) is 6.75. The highest BCUT2D eigenvalue weighted by Gasteiger charge is 2.15. The Morgan fingerprint density at radius 2 is 1.96 bits per heavy atom. The normalized spacial score (nSPS) is 11.7. The lowest BCUT2D eigenvalue weighted by Gasteiger charge is -2.08. The van der Waals surface area contributed by atoms with E-state index in [9.17, 15) is 8.42 Å². The molecule has 0 bridgehead atoms. The van der Waals surface area contributed by atoms with Crippen molar-refractivity contribution in [3.05, 3.63) is 39.7 Å². The van der Waals surface area contributed by atoms with Crippen LogP contribution in [0, 0.1) is 0 Å². The van der Waals surface area contributed by atoms with Gasteiger partial charge in [-0.2, -0.15) is 23.5 Å². The van der Waals surface area contributed by atoms with Crippen molar-refractivity contribution in [2.24, 2.45) is 7.05 Å². The van der Waals surface area contributed by atoms with Gasteiger partial charge in [0.15, 0.2) is 5.65 Å². The third kappa shape index (κ3) is 4.18. The lowest BCUT2D eigenvalue weighted by molar-refractivity contribution is 0.489. The number of aryl methyl sites for hydroxylation is 1. The van der Waals surface area contributed by atoms with Crippen molar-refractivity contribution in [1.29, 1.82) is 0 Å². The molecule has 0 atom stereocenters. The van der Waals surface area contributed by atoms with Crippen molar-refractivity contribution in [2.75, 3.05) is 10.0 Å². The third-order valence-corrected chi connectivity index (χ3v) is 4.49. The molecule has 132 valence electrons. The van der Waals surface area contributed by atoms with Gasteiger partial charge in [0.05, 0.1) is 11.1 Å². The monoisotopic (exact) mass is 446 g/mol. The fraction of sp³-hybridized carbons (Fsp3) is 0.154. The Hall–Kier alpha value is -1.95. The first-order valence-electron chi connectivity index (χ1n) is 6.87. The van der Waals surface area contributed by atoms with Gasteiger partial charge in [-0.3, -0.25) is 9.27 Å². The van der Waals surface area contributed by atoms with E-state index < -0.39 is 10.3 Å². The van der Waals surface area contributed by atoms with Gasteiger partial charge in [-0.05, 0) is 45.2 Å². The first kappa shape index (κ1) is 17.9. The highest BCUT2D eigenvalue weighted by atomic mass is 79.9. The van der Waals surface area contributed by atoms with E-state index in [2.05, 4.69) is 36.3 Å². The van der Waals surface area contributed by atoms with Crippen molar-refractivity contribution in [3.63, 3.8) is 0 Å². The van der Waals surface area contributed by atoms with Crippen LogP contribution in [-0.4, -0.2) is 32.7 Å². The fourth-order valence-corrected chi connectivity index (χ4v) is 3.43. The Morgan fingerprint density at radius 3 is 2.60 bits per heavy atom. The summed E-state index contributed by atoms with van der Waals surface area (Å²) in [6.07, 6.45) is 0. The molecule has 3 rings (SSSR count). The lowest BCUT2D eigenvalue weighted by Crippen LogP contribution is -2.10. The summed E-state index contributed by atoms with van der Waals surface area (Å²) in [5, 5.41) is 8.20. The number of benzene rings is 1. The first-order chi connectivity index (χ1) is 11.7. The summed E-state index contributed by atoms with van der Waals surface area (Å²) in [7, 11) is -2.54. The topological polar surface area (TPSA) is 122 Å². The van der Waals surface area contributed by atoms with Crippen LogP contribution >= 0.6 is 27.5 Å². The molecule has 3 aromatic rings. The maximum absolute atomic E-state index is 10.8. The van der Waals surface area contributed by atoms with Crippen molar-refractivity contribution >= 4 is 60.4 Å². The van der Waals surface area contributed by atoms with Crippen LogP contribution in [0.15, 0.2) is 28.9 Å². The number of hydrogen-bond donors (Lipinski definition) is 3. The molecule has 2 heterocycles. The third-order valence-electron chi connectivity index (χ3n) is 3.27. The molecule has 0 fully saturated rings. The number of nitrogens with one attached hydrogen (secondary N) is 2. The van der Waals surface area contributed by atoms with Crippen LogP contribution in [0.3, 0.4) is 0 Å². The molecule has 0 aliphatic carbocycles. The van der Waals surface area contributed by atoms with Crippen LogP contribution in [0.1, 0.15) is 5.56 Å². The van der Waals surface area contributed by atoms with E-state index >= 15 is 0 Å². The van der Waals surface area contributed by atoms with Crippen molar-refractivity contribution in [2.45, 2.75) is 6.54 Å². The standard InChI is InChI=1S/C13H12BrClN6O3S/c1-21-12-9(10(14)19-21)11(17-13(15)18-12)16-6-7-2-4-8(5-3-7)20-25(22,23)24/h2-5,20H,6H2,1H3,(H,16,17,18)(H,22,23,24). The Morgan fingerprint density at radius 1 is 1.28 bits per heavy atom. The number of rotatable bonds is 5. The van der Waals surface area contributed by atoms with E-state index in [1.807, 2.05) is 4.72 Å². The van der Waals surface area contributed by atoms with Crippen LogP contribution in [0.5, 0.6) is 0 Å². The molecule has 0 aliphatic heterocycles. The molecule has 0 saturated carbocycles. The van der Waals surface area contributed by atoms with Gasteiger partial charge in [-0.15, -0.1) is 0 Å². The molecule has 0 amide bonds. The summed E-state index contributed by atoms with van der Waals surface area (Å²) in [5.74, 6) is 0.523. The van der Waals surface area contributed by atoms with Crippen molar-refractivity contribution in [3.8, 4) is 0 Å². The Balaban J connectivity index is 1.81. The predicted octanol–water partition coefficient (Wildman–Crippen LogP) is 2.61. The van der Waals surface area contributed by atoms with E-state index in [0.29, 0.717) is 28.0 Å². The molecule has 0 radical (unpaired) electrons. The summed E-state index contributed by atoms with van der Waals surface area (Å²) in [6, 6.07) is 6.48. The first-order valence-corrected chi connectivity index (χ1v) is 9.48. The van der Waals surface area contributed by atoms with Gasteiger partial charge in [0.25, 0.3) is 0 Å². The number of halogens is 2. The second-order valence-electron chi connectivity index (χ2n) is 5.08. The molecule has 25 heavy (non-hydrogen) atoms. The van der Waals surface area contributed by atoms with Gasteiger partial charge in [0, 0.05) is 13.6 Å². The molecular weight excluding hydrogens is 436 g/mol. The van der Waals surface area contributed by atoms with E-state index in [4.69, 9.17) is 16.2 Å². The van der Waals surface area contributed by atoms with Crippen LogP contribution in [-0.2, 0) is 23.9 Å². The quantitative estimate of drug-likeness (QED) is 0.406. The summed E-state index contributed by atoms with van der Waals surface area (Å²) in [5.41, 5.74) is 1.71. The summed E-state index contributed by atoms with van der Waals surface area (Å²) in [4.78, 5) is 8.35. The molecule has 0 aliphatic rings. The smallest absolute Gasteiger partial charge is 0.357 e. The zero-order chi connectivity index (χ0) is 18.2. The van der Waals surface area contributed by atoms with Crippen molar-refractivity contribution < 1.29 is 13.0 Å². The number of aromatic nitrogens is 4. The number of nitrogens with zero attached hydrogens (tertiary/aromatic N) is 4. The molecule has 9 nitrogen and oxygen atoms in total. The minimum Gasteiger partial charge on any atom is -0.365 e. The maximum atomic E-state index is 10.8. The zero-order valence-electron chi connectivity index (χ0n) is 12.7. The molecule has 3 N–H and O–H groups in total. The van der Waals surface area contributed by atoms with Gasteiger partial charge in [-0.25, -0.2) is 4.68 Å². The average Bonchev–Trinajstić information content (AvgIpc) is 2.79. The van der Waals surface area contributed by atoms with Gasteiger partial charge in [0.2, 0.25) is 5.28 Å². The van der Waals surface area contributed by atoms with Crippen LogP contribution in [0.25, 0.3) is 11.0 Å². The fourth-order valence-electron chi connectivity index (χ4n) is 2.23. The summed E-state index contributed by atoms with van der Waals surface area (Å²) < 4.78 is 34.5. The van der Waals surface area contributed by atoms with Crippen LogP contribution in [0.4, 0.5) is 11.5 Å². The average molecular weight is 448 g/mol. The van der Waals surface area contributed by atoms with E-state index in [1.54, 1.807) is 23.9 Å². The highest BCUT2D eigenvalue weighted by Crippen LogP contribution is 2.29. The van der Waals surface area contributed by atoms with E-state index in [1.165, 1.54) is 12.1 Å². The van der Waals surface area contributed by atoms with E-state index in [0.717, 1.165) is 5.56 Å². The Kier molecular flexibility index (Phi) is 4.82. The Bertz CT molecular complexity index is 1040. The van der Waals surface area contributed by atoms with Gasteiger partial charge >= 0.3 is 10.3 Å². The number of anilines is 2. The van der Waals surface area contributed by atoms with Crippen molar-refractivity contribution in [1.82, 2.24) is 19.7 Å². The molecule has 0 saturated heterocycles. The largest absolute Gasteiger partial charge is 0.365 e. The van der Waals surface area contributed by atoms with Crippen LogP contribution in [0.2, 0.25) is 5.28 Å². The number of fused-ring (bicyclic) bond motifs is 1. The highest BCUT2D eigenvalue weighted by molar-refractivity contribution is 9.10. The molecular formula is C13H12BrClN6O3S. The molecule has 0 spiro atoms. The van der Waals surface area contributed by atoms with Crippen LogP contribution < -0.4 is 10.0 Å². The summed E-state index contributed by atoms with van der Waals surface area (Å²) in [6.45, 7) is 0.413. The molecule has 2 aromatic heterocycles. The maximum Gasteiger partial charge on any atom is 0.357 e. The van der Waals surface area contributed by atoms with Gasteiger partial charge in [-0.1, -0.05) is 12.1 Å². The molecule has 12 heteroatoms. The number of hydrogen-bond acceptors (Lipinski definition) is 6. The van der Waals surface area contributed by atoms with E-state index in [-0.39, 0.29) is 11.0 Å². The Labute approximate surface area is 156 Å². The minimum absolute atomic E-state index is 0.0956. The summed E-state index contributed by atoms with van der Waals surface area (Å²) >= 11 is 9.33. The second-order valence-corrected chi connectivity index (χ2v) is 7.33. The zero-order valence-corrected chi connectivity index (χ0v) is 15.9. The van der Waals surface area contributed by atoms with Gasteiger partial charge < -0.3 is 5.32 Å². The SMILES string of the molecule is Cn1nc(Br)c2c(NCc3ccc(NS(=O)(=O)O)cc3)nc(Cl)nc21.